The van der Waals surface area contributed by atoms with E-state index in [1.807, 2.05) is 18.2 Å². The number of carbonyl (C=O) groups is 1. The quantitative estimate of drug-likeness (QED) is 0.526. The first-order chi connectivity index (χ1) is 7.88. The van der Waals surface area contributed by atoms with Crippen molar-refractivity contribution in [1.82, 2.24) is 5.32 Å². The summed E-state index contributed by atoms with van der Waals surface area (Å²) in [5.74, 6) is 0. The van der Waals surface area contributed by atoms with E-state index in [9.17, 15) is 4.79 Å². The molecule has 0 saturated carbocycles. The van der Waals surface area contributed by atoms with Gasteiger partial charge in [-0.1, -0.05) is 62.9 Å². The van der Waals surface area contributed by atoms with Crippen molar-refractivity contribution in [2.75, 3.05) is 0 Å². The van der Waals surface area contributed by atoms with Crippen molar-refractivity contribution in [1.29, 1.82) is 0 Å². The molecule has 88 valence electrons. The number of rotatable bonds is 8. The van der Waals surface area contributed by atoms with Crippen LogP contribution in [0.5, 0.6) is 0 Å². The van der Waals surface area contributed by atoms with E-state index in [0.29, 0.717) is 0 Å². The number of carbonyl (C=O) groups excluding carboxylic acids is 1. The Balaban J connectivity index is 2.44. The number of unbranched alkanes of at least 4 members (excludes halogenated alkanes) is 3. The molecule has 0 spiro atoms. The van der Waals surface area contributed by atoms with Crippen LogP contribution in [0.3, 0.4) is 0 Å². The number of hydrogen-bond donors (Lipinski definition) is 1. The molecule has 1 aromatic rings. The molecule has 0 fully saturated rings. The van der Waals surface area contributed by atoms with E-state index in [1.54, 1.807) is 0 Å². The first kappa shape index (κ1) is 12.8. The summed E-state index contributed by atoms with van der Waals surface area (Å²) in [6.45, 7) is 2.21. The summed E-state index contributed by atoms with van der Waals surface area (Å²) in [6, 6.07) is 10.3. The summed E-state index contributed by atoms with van der Waals surface area (Å²) in [5.41, 5.74) is 1.20. The fourth-order valence-electron chi connectivity index (χ4n) is 1.89. The second kappa shape index (κ2) is 7.91. The lowest BCUT2D eigenvalue weighted by atomic mass is 10.0. The molecule has 0 radical (unpaired) electrons. The predicted octanol–water partition coefficient (Wildman–Crippen LogP) is 3.44. The van der Waals surface area contributed by atoms with E-state index >= 15 is 0 Å². The Hall–Kier alpha value is -1.31. The second-order valence-corrected chi connectivity index (χ2v) is 4.10. The van der Waals surface area contributed by atoms with Crippen LogP contribution in [0, 0.1) is 0 Å². The molecule has 0 aliphatic carbocycles. The minimum absolute atomic E-state index is 0.176. The first-order valence-corrected chi connectivity index (χ1v) is 6.13. The smallest absolute Gasteiger partial charge is 0.207 e. The molecule has 0 heterocycles. The highest BCUT2D eigenvalue weighted by molar-refractivity contribution is 5.47. The van der Waals surface area contributed by atoms with Gasteiger partial charge in [0.2, 0.25) is 6.41 Å². The first-order valence-electron chi connectivity index (χ1n) is 6.13. The molecule has 1 amide bonds. The third-order valence-electron chi connectivity index (χ3n) is 2.82. The van der Waals surface area contributed by atoms with Gasteiger partial charge in [-0.2, -0.15) is 0 Å². The molecule has 1 atom stereocenters. The van der Waals surface area contributed by atoms with E-state index in [4.69, 9.17) is 0 Å². The predicted molar refractivity (Wildman–Crippen MR) is 67.1 cm³/mol. The maximum absolute atomic E-state index is 10.6. The normalized spacial score (nSPS) is 12.1. The minimum Gasteiger partial charge on any atom is -0.352 e. The molecule has 0 aliphatic heterocycles. The average molecular weight is 219 g/mol. The molecular weight excluding hydrogens is 198 g/mol. The largest absolute Gasteiger partial charge is 0.352 e. The monoisotopic (exact) mass is 219 g/mol. The maximum Gasteiger partial charge on any atom is 0.207 e. The lowest BCUT2D eigenvalue weighted by molar-refractivity contribution is -0.110. The van der Waals surface area contributed by atoms with Gasteiger partial charge in [0.25, 0.3) is 0 Å². The standard InChI is InChI=1S/C14H21NO/c1-2-3-4-8-11-14(15-12-16)13-9-6-5-7-10-13/h5-7,9-10,12,14H,2-4,8,11H2,1H3,(H,15,16). The summed E-state index contributed by atoms with van der Waals surface area (Å²) in [6.07, 6.45) is 6.79. The van der Waals surface area contributed by atoms with E-state index in [1.165, 1.54) is 31.2 Å². The zero-order valence-electron chi connectivity index (χ0n) is 9.99. The molecule has 1 N–H and O–H groups in total. The summed E-state index contributed by atoms with van der Waals surface area (Å²) < 4.78 is 0. The SMILES string of the molecule is CCCCCCC(NC=O)c1ccccc1. The number of nitrogens with one attached hydrogen (secondary N) is 1. The van der Waals surface area contributed by atoms with Crippen LogP contribution in [0.2, 0.25) is 0 Å². The fraction of sp³-hybridized carbons (Fsp3) is 0.500. The average Bonchev–Trinajstić information content (AvgIpc) is 2.34. The van der Waals surface area contributed by atoms with Gasteiger partial charge in [0.1, 0.15) is 0 Å². The van der Waals surface area contributed by atoms with Gasteiger partial charge in [0.05, 0.1) is 6.04 Å². The Kier molecular flexibility index (Phi) is 6.31. The highest BCUT2D eigenvalue weighted by Gasteiger charge is 2.08. The summed E-state index contributed by atoms with van der Waals surface area (Å²) >= 11 is 0. The number of hydrogen-bond acceptors (Lipinski definition) is 1. The molecule has 0 aromatic heterocycles. The Morgan fingerprint density at radius 3 is 2.56 bits per heavy atom. The molecule has 1 aromatic carbocycles. The Bertz CT molecular complexity index is 284. The number of benzene rings is 1. The minimum atomic E-state index is 0.176. The summed E-state index contributed by atoms with van der Waals surface area (Å²) in [5, 5.41) is 2.90. The highest BCUT2D eigenvalue weighted by Crippen LogP contribution is 2.19. The zero-order valence-corrected chi connectivity index (χ0v) is 9.99. The van der Waals surface area contributed by atoms with Crippen molar-refractivity contribution in [3.8, 4) is 0 Å². The molecule has 1 rings (SSSR count). The summed E-state index contributed by atoms with van der Waals surface area (Å²) in [4.78, 5) is 10.6. The van der Waals surface area contributed by atoms with Crippen molar-refractivity contribution < 1.29 is 4.79 Å². The van der Waals surface area contributed by atoms with Gasteiger partial charge in [-0.25, -0.2) is 0 Å². The summed E-state index contributed by atoms with van der Waals surface area (Å²) in [7, 11) is 0. The lowest BCUT2D eigenvalue weighted by Crippen LogP contribution is -2.19. The van der Waals surface area contributed by atoms with Gasteiger partial charge in [0, 0.05) is 0 Å². The van der Waals surface area contributed by atoms with Gasteiger partial charge in [0.15, 0.2) is 0 Å². The van der Waals surface area contributed by atoms with E-state index in [-0.39, 0.29) is 6.04 Å². The topological polar surface area (TPSA) is 29.1 Å². The van der Waals surface area contributed by atoms with Crippen LogP contribution in [0.15, 0.2) is 30.3 Å². The van der Waals surface area contributed by atoms with Crippen molar-refractivity contribution in [3.63, 3.8) is 0 Å². The van der Waals surface area contributed by atoms with Crippen LogP contribution in [0.1, 0.15) is 50.6 Å². The molecular formula is C14H21NO. The third-order valence-corrected chi connectivity index (χ3v) is 2.82. The fourth-order valence-corrected chi connectivity index (χ4v) is 1.89. The lowest BCUT2D eigenvalue weighted by Gasteiger charge is -2.16. The van der Waals surface area contributed by atoms with Gasteiger partial charge in [-0.15, -0.1) is 0 Å². The van der Waals surface area contributed by atoms with Gasteiger partial charge >= 0.3 is 0 Å². The van der Waals surface area contributed by atoms with Crippen molar-refractivity contribution in [2.45, 2.75) is 45.1 Å². The van der Waals surface area contributed by atoms with Crippen molar-refractivity contribution in [2.24, 2.45) is 0 Å². The highest BCUT2D eigenvalue weighted by atomic mass is 16.1. The van der Waals surface area contributed by atoms with Crippen molar-refractivity contribution in [3.05, 3.63) is 35.9 Å². The Morgan fingerprint density at radius 2 is 1.94 bits per heavy atom. The molecule has 2 heteroatoms. The second-order valence-electron chi connectivity index (χ2n) is 4.10. The Morgan fingerprint density at radius 1 is 1.19 bits per heavy atom. The molecule has 0 saturated heterocycles. The van der Waals surface area contributed by atoms with Gasteiger partial charge in [-0.3, -0.25) is 4.79 Å². The van der Waals surface area contributed by atoms with Crippen LogP contribution in [0.4, 0.5) is 0 Å². The van der Waals surface area contributed by atoms with E-state index in [0.717, 1.165) is 12.8 Å². The number of amides is 1. The van der Waals surface area contributed by atoms with Crippen LogP contribution >= 0.6 is 0 Å². The van der Waals surface area contributed by atoms with Crippen LogP contribution < -0.4 is 5.32 Å². The Labute approximate surface area is 98.1 Å². The van der Waals surface area contributed by atoms with Crippen LogP contribution in [0.25, 0.3) is 0 Å². The van der Waals surface area contributed by atoms with Crippen LogP contribution in [-0.2, 0) is 4.79 Å². The molecule has 0 bridgehead atoms. The van der Waals surface area contributed by atoms with Gasteiger partial charge < -0.3 is 5.32 Å². The molecule has 16 heavy (non-hydrogen) atoms. The molecule has 2 nitrogen and oxygen atoms in total. The maximum atomic E-state index is 10.6. The molecule has 1 unspecified atom stereocenters. The van der Waals surface area contributed by atoms with E-state index in [2.05, 4.69) is 24.4 Å². The van der Waals surface area contributed by atoms with Crippen LogP contribution in [-0.4, -0.2) is 6.41 Å². The van der Waals surface area contributed by atoms with Crippen molar-refractivity contribution >= 4 is 6.41 Å². The van der Waals surface area contributed by atoms with E-state index < -0.39 is 0 Å². The van der Waals surface area contributed by atoms with Gasteiger partial charge in [-0.05, 0) is 12.0 Å². The zero-order chi connectivity index (χ0) is 11.6. The third kappa shape index (κ3) is 4.47. The molecule has 0 aliphatic rings.